The molecule has 0 saturated heterocycles. The van der Waals surface area contributed by atoms with Crippen molar-refractivity contribution < 1.29 is 9.90 Å². The summed E-state index contributed by atoms with van der Waals surface area (Å²) < 4.78 is 0. The van der Waals surface area contributed by atoms with Crippen LogP contribution in [-0.2, 0) is 0 Å². The summed E-state index contributed by atoms with van der Waals surface area (Å²) in [7, 11) is 2.04. The molecular weight excluding hydrogens is 250 g/mol. The third kappa shape index (κ3) is 4.43. The van der Waals surface area contributed by atoms with E-state index in [1.54, 1.807) is 0 Å². The molecule has 0 aliphatic heterocycles. The van der Waals surface area contributed by atoms with Crippen LogP contribution >= 0.6 is 0 Å². The Morgan fingerprint density at radius 1 is 1.25 bits per heavy atom. The molecule has 20 heavy (non-hydrogen) atoms. The van der Waals surface area contributed by atoms with Gasteiger partial charge >= 0.3 is 0 Å². The third-order valence-corrected chi connectivity index (χ3v) is 4.23. The van der Waals surface area contributed by atoms with E-state index in [1.807, 2.05) is 37.4 Å². The van der Waals surface area contributed by atoms with Crippen LogP contribution in [0.15, 0.2) is 30.3 Å². The van der Waals surface area contributed by atoms with Crippen LogP contribution in [0.4, 0.5) is 0 Å². The number of aliphatic hydroxyl groups is 1. The summed E-state index contributed by atoms with van der Waals surface area (Å²) in [6, 6.07) is 9.46. The second kappa shape index (κ2) is 7.55. The molecule has 0 spiro atoms. The molecule has 2 rings (SSSR count). The fraction of sp³-hybridized carbons (Fsp3) is 0.588. The molecule has 3 nitrogen and oxygen atoms in total. The van der Waals surface area contributed by atoms with Crippen LogP contribution < -0.4 is 0 Å². The second-order valence-electron chi connectivity index (χ2n) is 5.91. The normalized spacial score (nSPS) is 22.9. The fourth-order valence-electron chi connectivity index (χ4n) is 2.95. The molecule has 0 heterocycles. The molecule has 110 valence electrons. The number of hydrogen-bond donors (Lipinski definition) is 1. The largest absolute Gasteiger partial charge is 0.393 e. The molecule has 1 aliphatic rings. The minimum Gasteiger partial charge on any atom is -0.393 e. The lowest BCUT2D eigenvalue weighted by molar-refractivity contribution is 0.0510. The van der Waals surface area contributed by atoms with Crippen LogP contribution in [0.3, 0.4) is 0 Å². The van der Waals surface area contributed by atoms with Gasteiger partial charge in [-0.1, -0.05) is 43.2 Å². The van der Waals surface area contributed by atoms with Crippen molar-refractivity contribution in [1.82, 2.24) is 4.90 Å². The van der Waals surface area contributed by atoms with E-state index < -0.39 is 0 Å². The third-order valence-electron chi connectivity index (χ3n) is 4.23. The Kier molecular flexibility index (Phi) is 5.74. The Morgan fingerprint density at radius 3 is 2.65 bits per heavy atom. The first-order chi connectivity index (χ1) is 9.66. The summed E-state index contributed by atoms with van der Waals surface area (Å²) in [5.41, 5.74) is 0.790. The van der Waals surface area contributed by atoms with Gasteiger partial charge in [0.05, 0.1) is 6.10 Å². The number of aliphatic hydroxyl groups excluding tert-OH is 1. The van der Waals surface area contributed by atoms with E-state index >= 15 is 0 Å². The summed E-state index contributed by atoms with van der Waals surface area (Å²) in [6.45, 7) is 1.65. The van der Waals surface area contributed by atoms with E-state index in [0.717, 1.165) is 37.9 Å². The first-order valence-electron chi connectivity index (χ1n) is 7.61. The lowest BCUT2D eigenvalue weighted by Crippen LogP contribution is -2.35. The zero-order valence-electron chi connectivity index (χ0n) is 12.3. The highest BCUT2D eigenvalue weighted by Gasteiger charge is 2.24. The van der Waals surface area contributed by atoms with Gasteiger partial charge in [0.15, 0.2) is 5.78 Å². The van der Waals surface area contributed by atoms with Gasteiger partial charge in [-0.15, -0.1) is 0 Å². The van der Waals surface area contributed by atoms with Gasteiger partial charge in [-0.3, -0.25) is 4.79 Å². The van der Waals surface area contributed by atoms with Crippen molar-refractivity contribution >= 4 is 5.78 Å². The molecule has 0 amide bonds. The van der Waals surface area contributed by atoms with E-state index in [9.17, 15) is 9.90 Å². The number of carbonyl (C=O) groups excluding carboxylic acids is 1. The predicted molar refractivity (Wildman–Crippen MR) is 80.9 cm³/mol. The minimum absolute atomic E-state index is 0.156. The van der Waals surface area contributed by atoms with E-state index in [4.69, 9.17) is 0 Å². The van der Waals surface area contributed by atoms with Crippen LogP contribution in [0.1, 0.15) is 42.5 Å². The van der Waals surface area contributed by atoms with Crippen molar-refractivity contribution in [2.24, 2.45) is 5.92 Å². The first kappa shape index (κ1) is 15.2. The highest BCUT2D eigenvalue weighted by molar-refractivity contribution is 5.96. The average molecular weight is 275 g/mol. The van der Waals surface area contributed by atoms with Crippen LogP contribution in [0.5, 0.6) is 0 Å². The first-order valence-corrected chi connectivity index (χ1v) is 7.61. The molecule has 0 aromatic heterocycles. The Labute approximate surface area is 121 Å². The lowest BCUT2D eigenvalue weighted by Gasteiger charge is -2.31. The van der Waals surface area contributed by atoms with E-state index in [0.29, 0.717) is 12.3 Å². The van der Waals surface area contributed by atoms with Crippen molar-refractivity contribution in [2.45, 2.75) is 38.2 Å². The second-order valence-corrected chi connectivity index (χ2v) is 5.91. The molecule has 1 N–H and O–H groups in total. The molecule has 2 unspecified atom stereocenters. The molecule has 1 fully saturated rings. The maximum absolute atomic E-state index is 12.0. The number of ketones is 1. The summed E-state index contributed by atoms with van der Waals surface area (Å²) in [4.78, 5) is 14.2. The van der Waals surface area contributed by atoms with Crippen molar-refractivity contribution in [3.05, 3.63) is 35.9 Å². The van der Waals surface area contributed by atoms with Crippen molar-refractivity contribution in [3.63, 3.8) is 0 Å². The van der Waals surface area contributed by atoms with Crippen molar-refractivity contribution in [1.29, 1.82) is 0 Å². The number of nitrogens with zero attached hydrogens (tertiary/aromatic N) is 1. The molecule has 1 saturated carbocycles. The van der Waals surface area contributed by atoms with Gasteiger partial charge in [0.2, 0.25) is 0 Å². The molecule has 0 radical (unpaired) electrons. The SMILES string of the molecule is CN(CCC(=O)c1ccccc1)CC1CCCCC1O. The van der Waals surface area contributed by atoms with Crippen LogP contribution in [0, 0.1) is 5.92 Å². The summed E-state index contributed by atoms with van der Waals surface area (Å²) >= 11 is 0. The Hall–Kier alpha value is -1.19. The maximum Gasteiger partial charge on any atom is 0.164 e. The molecular formula is C17H25NO2. The van der Waals surface area contributed by atoms with Gasteiger partial charge in [0.25, 0.3) is 0 Å². The Balaban J connectivity index is 1.74. The average Bonchev–Trinajstić information content (AvgIpc) is 2.48. The summed E-state index contributed by atoms with van der Waals surface area (Å²) in [5.74, 6) is 0.571. The van der Waals surface area contributed by atoms with Gasteiger partial charge in [0.1, 0.15) is 0 Å². The van der Waals surface area contributed by atoms with E-state index in [1.165, 1.54) is 6.42 Å². The smallest absolute Gasteiger partial charge is 0.164 e. The van der Waals surface area contributed by atoms with Crippen LogP contribution in [-0.4, -0.2) is 42.0 Å². The zero-order valence-corrected chi connectivity index (χ0v) is 12.3. The number of benzene rings is 1. The molecule has 0 bridgehead atoms. The molecule has 3 heteroatoms. The highest BCUT2D eigenvalue weighted by atomic mass is 16.3. The Bertz CT molecular complexity index is 418. The van der Waals surface area contributed by atoms with Crippen molar-refractivity contribution in [3.8, 4) is 0 Å². The number of rotatable bonds is 6. The van der Waals surface area contributed by atoms with Crippen molar-refractivity contribution in [2.75, 3.05) is 20.1 Å². The minimum atomic E-state index is -0.156. The van der Waals surface area contributed by atoms with E-state index in [2.05, 4.69) is 4.90 Å². The molecule has 1 aromatic rings. The predicted octanol–water partition coefficient (Wildman–Crippen LogP) is 2.74. The standard InChI is InChI=1S/C17H25NO2/c1-18(13-15-9-5-6-10-16(15)19)12-11-17(20)14-7-3-2-4-8-14/h2-4,7-8,15-16,19H,5-6,9-13H2,1H3. The summed E-state index contributed by atoms with van der Waals surface area (Å²) in [5, 5.41) is 9.98. The van der Waals surface area contributed by atoms with Gasteiger partial charge in [-0.25, -0.2) is 0 Å². The Morgan fingerprint density at radius 2 is 1.95 bits per heavy atom. The van der Waals surface area contributed by atoms with E-state index in [-0.39, 0.29) is 11.9 Å². The monoisotopic (exact) mass is 275 g/mol. The molecule has 2 atom stereocenters. The molecule has 1 aliphatic carbocycles. The summed E-state index contributed by atoms with van der Waals surface area (Å²) in [6.07, 6.45) is 4.80. The zero-order chi connectivity index (χ0) is 14.4. The lowest BCUT2D eigenvalue weighted by atomic mass is 9.86. The van der Waals surface area contributed by atoms with Gasteiger partial charge in [-0.2, -0.15) is 0 Å². The number of hydrogen-bond acceptors (Lipinski definition) is 3. The number of carbonyl (C=O) groups is 1. The van der Waals surface area contributed by atoms with Crippen LogP contribution in [0.2, 0.25) is 0 Å². The maximum atomic E-state index is 12.0. The van der Waals surface area contributed by atoms with Gasteiger partial charge in [0, 0.05) is 25.1 Å². The topological polar surface area (TPSA) is 40.5 Å². The number of Topliss-reactive ketones (excluding diaryl/α,β-unsaturated/α-hetero) is 1. The van der Waals surface area contributed by atoms with Gasteiger partial charge in [-0.05, 0) is 25.8 Å². The van der Waals surface area contributed by atoms with Crippen LogP contribution in [0.25, 0.3) is 0 Å². The highest BCUT2D eigenvalue weighted by Crippen LogP contribution is 2.24. The fourth-order valence-corrected chi connectivity index (χ4v) is 2.95. The molecule has 1 aromatic carbocycles. The quantitative estimate of drug-likeness (QED) is 0.812. The van der Waals surface area contributed by atoms with Gasteiger partial charge < -0.3 is 10.0 Å².